The van der Waals surface area contributed by atoms with Crippen molar-refractivity contribution in [1.82, 2.24) is 14.7 Å². The average molecular weight is 323 g/mol. The van der Waals surface area contributed by atoms with Gasteiger partial charge in [0.25, 0.3) is 0 Å². The molecule has 1 N–H and O–H groups in total. The summed E-state index contributed by atoms with van der Waals surface area (Å²) < 4.78 is 1.51. The van der Waals surface area contributed by atoms with Gasteiger partial charge in [-0.1, -0.05) is 24.3 Å². The molecule has 0 aliphatic carbocycles. The van der Waals surface area contributed by atoms with Crippen LogP contribution in [0.5, 0.6) is 0 Å². The molecule has 2 aromatic carbocycles. The van der Waals surface area contributed by atoms with E-state index in [2.05, 4.69) is 5.10 Å². The monoisotopic (exact) mass is 323 g/mol. The number of aromatic nitrogens is 2. The predicted molar refractivity (Wildman–Crippen MR) is 90.8 cm³/mol. The minimum absolute atomic E-state index is 0.0818. The van der Waals surface area contributed by atoms with Crippen molar-refractivity contribution in [3.8, 4) is 11.1 Å². The number of hydrogen-bond acceptors (Lipinski definition) is 3. The van der Waals surface area contributed by atoms with Crippen molar-refractivity contribution < 1.29 is 14.7 Å². The van der Waals surface area contributed by atoms with Crippen LogP contribution in [-0.4, -0.2) is 45.8 Å². The molecule has 0 fully saturated rings. The van der Waals surface area contributed by atoms with Gasteiger partial charge >= 0.3 is 5.97 Å². The number of rotatable bonds is 4. The first-order valence-electron chi connectivity index (χ1n) is 7.45. The Bertz CT molecular complexity index is 928. The van der Waals surface area contributed by atoms with Gasteiger partial charge in [-0.2, -0.15) is 5.10 Å². The second-order valence-electron chi connectivity index (χ2n) is 5.76. The summed E-state index contributed by atoms with van der Waals surface area (Å²) in [6, 6.07) is 11.1. The van der Waals surface area contributed by atoms with E-state index in [1.165, 1.54) is 9.58 Å². The number of nitrogens with zero attached hydrogens (tertiary/aromatic N) is 3. The zero-order valence-electron chi connectivity index (χ0n) is 13.4. The van der Waals surface area contributed by atoms with E-state index in [4.69, 9.17) is 0 Å². The van der Waals surface area contributed by atoms with Crippen LogP contribution in [0.2, 0.25) is 0 Å². The predicted octanol–water partition coefficient (Wildman–Crippen LogP) is 2.49. The van der Waals surface area contributed by atoms with Gasteiger partial charge in [0.2, 0.25) is 5.91 Å². The van der Waals surface area contributed by atoms with E-state index in [9.17, 15) is 14.7 Å². The molecule has 0 unspecified atom stereocenters. The van der Waals surface area contributed by atoms with Gasteiger partial charge in [-0.3, -0.25) is 9.48 Å². The highest BCUT2D eigenvalue weighted by molar-refractivity contribution is 6.02. The molecule has 0 atom stereocenters. The second kappa shape index (κ2) is 6.16. The van der Waals surface area contributed by atoms with Crippen molar-refractivity contribution in [1.29, 1.82) is 0 Å². The van der Waals surface area contributed by atoms with Crippen LogP contribution in [0.4, 0.5) is 0 Å². The summed E-state index contributed by atoms with van der Waals surface area (Å²) in [5, 5.41) is 15.5. The molecule has 0 aliphatic heterocycles. The molecule has 0 bridgehead atoms. The normalized spacial score (nSPS) is 10.8. The van der Waals surface area contributed by atoms with Gasteiger partial charge in [-0.05, 0) is 28.5 Å². The number of carboxylic acid groups (broad SMARTS) is 1. The fourth-order valence-electron chi connectivity index (χ4n) is 2.53. The average Bonchev–Trinajstić information content (AvgIpc) is 3.01. The number of likely N-dealkylation sites (N-methyl/N-ethyl adjacent to an activating group) is 1. The molecule has 1 amide bonds. The van der Waals surface area contributed by atoms with Crippen LogP contribution < -0.4 is 0 Å². The molecule has 6 heteroatoms. The third-order valence-electron chi connectivity index (χ3n) is 3.86. The van der Waals surface area contributed by atoms with Gasteiger partial charge < -0.3 is 10.0 Å². The summed E-state index contributed by atoms with van der Waals surface area (Å²) in [4.78, 5) is 24.9. The molecular weight excluding hydrogens is 306 g/mol. The van der Waals surface area contributed by atoms with Gasteiger partial charge in [0.05, 0.1) is 11.8 Å². The molecule has 3 rings (SSSR count). The van der Waals surface area contributed by atoms with Crippen LogP contribution >= 0.6 is 0 Å². The fraction of sp³-hybridized carbons (Fsp3) is 0.167. The summed E-state index contributed by atoms with van der Waals surface area (Å²) in [6.07, 6.45) is 3.28. The topological polar surface area (TPSA) is 75.4 Å². The first kappa shape index (κ1) is 15.7. The Balaban J connectivity index is 2.05. The molecule has 0 radical (unpaired) electrons. The first-order valence-corrected chi connectivity index (χ1v) is 7.45. The van der Waals surface area contributed by atoms with Crippen LogP contribution in [-0.2, 0) is 11.3 Å². The zero-order valence-corrected chi connectivity index (χ0v) is 13.4. The summed E-state index contributed by atoms with van der Waals surface area (Å²) in [5.74, 6) is -1.07. The lowest BCUT2D eigenvalue weighted by Crippen LogP contribution is -2.26. The Morgan fingerprint density at radius 2 is 1.83 bits per heavy atom. The van der Waals surface area contributed by atoms with Gasteiger partial charge in [-0.25, -0.2) is 4.79 Å². The summed E-state index contributed by atoms with van der Waals surface area (Å²) in [7, 11) is 3.36. The Morgan fingerprint density at radius 1 is 1.17 bits per heavy atom. The molecular formula is C18H17N3O3. The zero-order chi connectivity index (χ0) is 17.3. The van der Waals surface area contributed by atoms with E-state index in [1.807, 2.05) is 30.3 Å². The van der Waals surface area contributed by atoms with Crippen LogP contribution in [0.15, 0.2) is 48.8 Å². The summed E-state index contributed by atoms with van der Waals surface area (Å²) in [5.41, 5.74) is 1.47. The van der Waals surface area contributed by atoms with Crippen molar-refractivity contribution in [3.05, 3.63) is 54.4 Å². The SMILES string of the molecule is CN(C)C(=O)Cn1cc(-c2cc3ccccc3cc2C(=O)O)cn1. The van der Waals surface area contributed by atoms with Crippen LogP contribution in [0.1, 0.15) is 10.4 Å². The standard InChI is InChI=1S/C18H17N3O3/c1-20(2)17(22)11-21-10-14(9-19-21)15-7-12-5-3-4-6-13(12)8-16(15)18(23)24/h3-10H,11H2,1-2H3,(H,23,24). The highest BCUT2D eigenvalue weighted by atomic mass is 16.4. The number of benzene rings is 2. The number of fused-ring (bicyclic) bond motifs is 1. The molecule has 24 heavy (non-hydrogen) atoms. The molecule has 1 aromatic heterocycles. The number of carbonyl (C=O) groups is 2. The van der Waals surface area contributed by atoms with Crippen molar-refractivity contribution in [2.45, 2.75) is 6.54 Å². The minimum Gasteiger partial charge on any atom is -0.478 e. The molecule has 1 heterocycles. The lowest BCUT2D eigenvalue weighted by molar-refractivity contribution is -0.129. The Labute approximate surface area is 138 Å². The maximum absolute atomic E-state index is 11.8. The number of carboxylic acids is 1. The molecule has 122 valence electrons. The number of aromatic carboxylic acids is 1. The highest BCUT2D eigenvalue weighted by Crippen LogP contribution is 2.28. The summed E-state index contributed by atoms with van der Waals surface area (Å²) in [6.45, 7) is 0.114. The third kappa shape index (κ3) is 2.99. The van der Waals surface area contributed by atoms with Crippen LogP contribution in [0.3, 0.4) is 0 Å². The van der Waals surface area contributed by atoms with E-state index >= 15 is 0 Å². The molecule has 0 saturated heterocycles. The minimum atomic E-state index is -0.993. The van der Waals surface area contributed by atoms with Crippen molar-refractivity contribution >= 4 is 22.6 Å². The van der Waals surface area contributed by atoms with Crippen molar-refractivity contribution in [2.75, 3.05) is 14.1 Å². The Morgan fingerprint density at radius 3 is 2.46 bits per heavy atom. The van der Waals surface area contributed by atoms with E-state index < -0.39 is 5.97 Å². The molecule has 0 saturated carbocycles. The van der Waals surface area contributed by atoms with Gasteiger partial charge in [0.1, 0.15) is 6.54 Å². The van der Waals surface area contributed by atoms with Crippen molar-refractivity contribution in [2.24, 2.45) is 0 Å². The lowest BCUT2D eigenvalue weighted by atomic mass is 9.97. The highest BCUT2D eigenvalue weighted by Gasteiger charge is 2.15. The number of carbonyl (C=O) groups excluding carboxylic acids is 1. The lowest BCUT2D eigenvalue weighted by Gasteiger charge is -2.09. The molecule has 0 spiro atoms. The Hall–Kier alpha value is -3.15. The quantitative estimate of drug-likeness (QED) is 0.800. The molecule has 3 aromatic rings. The van der Waals surface area contributed by atoms with E-state index in [0.29, 0.717) is 11.1 Å². The molecule has 6 nitrogen and oxygen atoms in total. The Kier molecular flexibility index (Phi) is 4.04. The number of amides is 1. The van der Waals surface area contributed by atoms with Gasteiger partial charge in [0, 0.05) is 25.9 Å². The smallest absolute Gasteiger partial charge is 0.336 e. The van der Waals surface area contributed by atoms with Crippen LogP contribution in [0, 0.1) is 0 Å². The van der Waals surface area contributed by atoms with E-state index in [-0.39, 0.29) is 18.0 Å². The largest absolute Gasteiger partial charge is 0.478 e. The fourth-order valence-corrected chi connectivity index (χ4v) is 2.53. The van der Waals surface area contributed by atoms with Crippen molar-refractivity contribution in [3.63, 3.8) is 0 Å². The van der Waals surface area contributed by atoms with E-state index in [0.717, 1.165) is 10.8 Å². The third-order valence-corrected chi connectivity index (χ3v) is 3.86. The maximum Gasteiger partial charge on any atom is 0.336 e. The maximum atomic E-state index is 11.8. The van der Waals surface area contributed by atoms with Gasteiger partial charge in [-0.15, -0.1) is 0 Å². The summed E-state index contributed by atoms with van der Waals surface area (Å²) >= 11 is 0. The van der Waals surface area contributed by atoms with Crippen LogP contribution in [0.25, 0.3) is 21.9 Å². The number of hydrogen-bond donors (Lipinski definition) is 1. The van der Waals surface area contributed by atoms with E-state index in [1.54, 1.807) is 32.6 Å². The first-order chi connectivity index (χ1) is 11.5. The molecule has 0 aliphatic rings. The van der Waals surface area contributed by atoms with Gasteiger partial charge in [0.15, 0.2) is 0 Å². The second-order valence-corrected chi connectivity index (χ2v) is 5.76.